The number of methoxy groups -OCH3 is 3. The van der Waals surface area contributed by atoms with E-state index >= 15 is 0 Å². The fourth-order valence-electron chi connectivity index (χ4n) is 3.68. The summed E-state index contributed by atoms with van der Waals surface area (Å²) < 4.78 is 27.7. The molecule has 27 heavy (non-hydrogen) atoms. The molecule has 2 aromatic rings. The molecule has 0 saturated heterocycles. The van der Waals surface area contributed by atoms with E-state index in [0.29, 0.717) is 11.5 Å². The van der Waals surface area contributed by atoms with Crippen molar-refractivity contribution in [3.05, 3.63) is 47.2 Å². The quantitative estimate of drug-likeness (QED) is 0.802. The summed E-state index contributed by atoms with van der Waals surface area (Å²) in [6, 6.07) is 8.21. The van der Waals surface area contributed by atoms with Crippen molar-refractivity contribution in [3.8, 4) is 28.7 Å². The van der Waals surface area contributed by atoms with E-state index in [-0.39, 0.29) is 12.8 Å². The van der Waals surface area contributed by atoms with Gasteiger partial charge >= 0.3 is 0 Å². The monoisotopic (exact) mass is 369 g/mol. The Kier molecular flexibility index (Phi) is 4.48. The second kappa shape index (κ2) is 6.95. The molecule has 4 rings (SSSR count). The molecule has 6 nitrogen and oxygen atoms in total. The molecule has 0 aromatic heterocycles. The van der Waals surface area contributed by atoms with E-state index < -0.39 is 0 Å². The molecule has 0 saturated carbocycles. The van der Waals surface area contributed by atoms with Gasteiger partial charge < -0.3 is 28.6 Å². The van der Waals surface area contributed by atoms with Gasteiger partial charge in [-0.1, -0.05) is 6.07 Å². The van der Waals surface area contributed by atoms with Crippen molar-refractivity contribution in [2.75, 3.05) is 35.2 Å². The zero-order valence-electron chi connectivity index (χ0n) is 15.9. The largest absolute Gasteiger partial charge is 0.493 e. The number of hydrogen-bond donors (Lipinski definition) is 0. The Labute approximate surface area is 158 Å². The van der Waals surface area contributed by atoms with Gasteiger partial charge in [0.2, 0.25) is 12.5 Å². The topological polar surface area (TPSA) is 49.4 Å². The van der Waals surface area contributed by atoms with Crippen LogP contribution in [0.25, 0.3) is 6.08 Å². The molecule has 6 heteroatoms. The number of fused-ring (bicyclic) bond motifs is 3. The molecule has 2 aliphatic heterocycles. The summed E-state index contributed by atoms with van der Waals surface area (Å²) in [4.78, 5) is 2.20. The first-order valence-corrected chi connectivity index (χ1v) is 8.77. The Morgan fingerprint density at radius 2 is 1.70 bits per heavy atom. The van der Waals surface area contributed by atoms with Crippen molar-refractivity contribution in [1.29, 1.82) is 0 Å². The second-order valence-corrected chi connectivity index (χ2v) is 6.54. The SMILES string of the molecule is COc1ccc(CC2c3cc(OC)c4c(c3C=CN2C)OCO4)cc1OC. The second-order valence-electron chi connectivity index (χ2n) is 6.54. The van der Waals surface area contributed by atoms with Gasteiger partial charge in [0.15, 0.2) is 23.0 Å². The van der Waals surface area contributed by atoms with E-state index in [1.807, 2.05) is 18.2 Å². The molecule has 0 radical (unpaired) electrons. The minimum Gasteiger partial charge on any atom is -0.493 e. The Balaban J connectivity index is 1.74. The smallest absolute Gasteiger partial charge is 0.231 e. The van der Waals surface area contributed by atoms with Crippen LogP contribution in [-0.4, -0.2) is 40.1 Å². The minimum atomic E-state index is 0.131. The van der Waals surface area contributed by atoms with Gasteiger partial charge in [0, 0.05) is 18.8 Å². The van der Waals surface area contributed by atoms with Crippen LogP contribution in [0.3, 0.4) is 0 Å². The maximum Gasteiger partial charge on any atom is 0.231 e. The maximum absolute atomic E-state index is 5.73. The third-order valence-corrected chi connectivity index (χ3v) is 5.10. The highest BCUT2D eigenvalue weighted by atomic mass is 16.7. The molecule has 1 unspecified atom stereocenters. The van der Waals surface area contributed by atoms with E-state index in [9.17, 15) is 0 Å². The van der Waals surface area contributed by atoms with Gasteiger partial charge in [0.05, 0.1) is 27.4 Å². The van der Waals surface area contributed by atoms with Gasteiger partial charge in [-0.25, -0.2) is 0 Å². The zero-order valence-corrected chi connectivity index (χ0v) is 15.9. The standard InChI is InChI=1S/C21H23NO5/c1-22-8-7-14-15(11-19(25-4)21-20(14)26-12-27-21)16(22)9-13-5-6-17(23-2)18(10-13)24-3/h5-8,10-11,16H,9,12H2,1-4H3. The van der Waals surface area contributed by atoms with Crippen LogP contribution in [0.1, 0.15) is 22.7 Å². The normalized spacial score (nSPS) is 16.9. The predicted molar refractivity (Wildman–Crippen MR) is 102 cm³/mol. The molecule has 0 bridgehead atoms. The highest BCUT2D eigenvalue weighted by Gasteiger charge is 2.31. The van der Waals surface area contributed by atoms with Crippen LogP contribution in [0.2, 0.25) is 0 Å². The first-order valence-electron chi connectivity index (χ1n) is 8.77. The van der Waals surface area contributed by atoms with E-state index in [1.54, 1.807) is 21.3 Å². The van der Waals surface area contributed by atoms with Gasteiger partial charge in [-0.15, -0.1) is 0 Å². The summed E-state index contributed by atoms with van der Waals surface area (Å²) in [6.07, 6.45) is 4.94. The molecule has 1 atom stereocenters. The molecule has 2 aromatic carbocycles. The fraction of sp³-hybridized carbons (Fsp3) is 0.333. The molecule has 2 aliphatic rings. The lowest BCUT2D eigenvalue weighted by atomic mass is 9.90. The minimum absolute atomic E-state index is 0.131. The van der Waals surface area contributed by atoms with Crippen LogP contribution in [0.15, 0.2) is 30.5 Å². The van der Waals surface area contributed by atoms with Crippen molar-refractivity contribution in [2.45, 2.75) is 12.5 Å². The Morgan fingerprint density at radius 3 is 2.44 bits per heavy atom. The fourth-order valence-corrected chi connectivity index (χ4v) is 3.68. The van der Waals surface area contributed by atoms with E-state index in [2.05, 4.69) is 30.3 Å². The third kappa shape index (κ3) is 2.91. The molecular weight excluding hydrogens is 346 g/mol. The van der Waals surface area contributed by atoms with Crippen molar-refractivity contribution >= 4 is 6.08 Å². The molecule has 0 fully saturated rings. The van der Waals surface area contributed by atoms with Gasteiger partial charge in [0.1, 0.15) is 0 Å². The van der Waals surface area contributed by atoms with Crippen molar-refractivity contribution in [2.24, 2.45) is 0 Å². The van der Waals surface area contributed by atoms with Gasteiger partial charge in [-0.2, -0.15) is 0 Å². The van der Waals surface area contributed by atoms with Crippen LogP contribution < -0.4 is 23.7 Å². The number of nitrogens with zero attached hydrogens (tertiary/aromatic N) is 1. The summed E-state index contributed by atoms with van der Waals surface area (Å²) in [5, 5.41) is 0. The van der Waals surface area contributed by atoms with E-state index in [0.717, 1.165) is 40.4 Å². The van der Waals surface area contributed by atoms with E-state index in [1.165, 1.54) is 0 Å². The lowest BCUT2D eigenvalue weighted by molar-refractivity contribution is 0.171. The first-order chi connectivity index (χ1) is 13.2. The molecule has 0 N–H and O–H groups in total. The van der Waals surface area contributed by atoms with Gasteiger partial charge in [-0.3, -0.25) is 0 Å². The summed E-state index contributed by atoms with van der Waals surface area (Å²) >= 11 is 0. The van der Waals surface area contributed by atoms with Crippen LogP contribution >= 0.6 is 0 Å². The third-order valence-electron chi connectivity index (χ3n) is 5.10. The highest BCUT2D eigenvalue weighted by Crippen LogP contribution is 2.49. The highest BCUT2D eigenvalue weighted by molar-refractivity contribution is 5.72. The average Bonchev–Trinajstić information content (AvgIpc) is 3.19. The lowest BCUT2D eigenvalue weighted by Gasteiger charge is -2.33. The average molecular weight is 369 g/mol. The molecule has 0 spiro atoms. The zero-order chi connectivity index (χ0) is 19.0. The number of rotatable bonds is 5. The van der Waals surface area contributed by atoms with Crippen molar-refractivity contribution in [3.63, 3.8) is 0 Å². The van der Waals surface area contributed by atoms with Gasteiger partial charge in [-0.05, 0) is 41.8 Å². The molecule has 0 aliphatic carbocycles. The van der Waals surface area contributed by atoms with Crippen LogP contribution in [0.5, 0.6) is 28.7 Å². The predicted octanol–water partition coefficient (Wildman–Crippen LogP) is 3.64. The summed E-state index contributed by atoms with van der Waals surface area (Å²) in [5.74, 6) is 3.58. The summed E-state index contributed by atoms with van der Waals surface area (Å²) in [7, 11) is 7.01. The number of hydrogen-bond acceptors (Lipinski definition) is 6. The summed E-state index contributed by atoms with van der Waals surface area (Å²) in [5.41, 5.74) is 3.35. The number of likely N-dealkylation sites (N-methyl/N-ethyl adjacent to an activating group) is 1. The first kappa shape index (κ1) is 17.4. The van der Waals surface area contributed by atoms with Crippen LogP contribution in [0.4, 0.5) is 0 Å². The summed E-state index contributed by atoms with van der Waals surface area (Å²) in [6.45, 7) is 0.214. The Bertz CT molecular complexity index is 893. The Morgan fingerprint density at radius 1 is 0.963 bits per heavy atom. The van der Waals surface area contributed by atoms with Crippen molar-refractivity contribution in [1.82, 2.24) is 4.90 Å². The van der Waals surface area contributed by atoms with E-state index in [4.69, 9.17) is 23.7 Å². The molecule has 142 valence electrons. The van der Waals surface area contributed by atoms with Gasteiger partial charge in [0.25, 0.3) is 0 Å². The maximum atomic E-state index is 5.73. The molecular formula is C21H23NO5. The van der Waals surface area contributed by atoms with Crippen LogP contribution in [0, 0.1) is 0 Å². The number of benzene rings is 2. The Hall–Kier alpha value is -3.02. The lowest BCUT2D eigenvalue weighted by Crippen LogP contribution is -2.24. The number of ether oxygens (including phenoxy) is 5. The molecule has 2 heterocycles. The van der Waals surface area contributed by atoms with Crippen LogP contribution in [-0.2, 0) is 6.42 Å². The van der Waals surface area contributed by atoms with Crippen molar-refractivity contribution < 1.29 is 23.7 Å². The molecule has 0 amide bonds.